The molecule has 4 nitrogen and oxygen atoms in total. The van der Waals surface area contributed by atoms with Crippen LogP contribution < -0.4 is 5.73 Å². The third kappa shape index (κ3) is 3.69. The lowest BCUT2D eigenvalue weighted by atomic mass is 9.80. The van der Waals surface area contributed by atoms with Crippen LogP contribution in [-0.4, -0.2) is 41.7 Å². The molecule has 3 N–H and O–H groups in total. The molecule has 2 aliphatic rings. The van der Waals surface area contributed by atoms with Crippen molar-refractivity contribution >= 4 is 5.91 Å². The Balaban J connectivity index is 1.83. The largest absolute Gasteiger partial charge is 0.393 e. The van der Waals surface area contributed by atoms with Crippen molar-refractivity contribution in [3.8, 4) is 0 Å². The van der Waals surface area contributed by atoms with Crippen LogP contribution in [0.3, 0.4) is 0 Å². The standard InChI is InChI=1S/C15H28N2O2/c1-11(18)13-5-7-17(8-6-13)15(19)14-4-2-3-12(9-14)10-16/h11-14,18H,2-10,16H2,1H3. The molecular formula is C15H28N2O2. The number of nitrogens with two attached hydrogens (primary N) is 1. The van der Waals surface area contributed by atoms with Gasteiger partial charge in [0.25, 0.3) is 0 Å². The molecule has 2 rings (SSSR count). The van der Waals surface area contributed by atoms with Gasteiger partial charge in [0.2, 0.25) is 5.91 Å². The van der Waals surface area contributed by atoms with Gasteiger partial charge in [0.05, 0.1) is 6.10 Å². The lowest BCUT2D eigenvalue weighted by Crippen LogP contribution is -2.44. The third-order valence-corrected chi connectivity index (χ3v) is 5.00. The van der Waals surface area contributed by atoms with E-state index in [1.54, 1.807) is 0 Å². The maximum absolute atomic E-state index is 12.5. The summed E-state index contributed by atoms with van der Waals surface area (Å²) >= 11 is 0. The number of aliphatic hydroxyl groups excluding tert-OH is 1. The van der Waals surface area contributed by atoms with Crippen LogP contribution in [0.15, 0.2) is 0 Å². The summed E-state index contributed by atoms with van der Waals surface area (Å²) in [6.45, 7) is 4.21. The fourth-order valence-corrected chi connectivity index (χ4v) is 3.59. The second kappa shape index (κ2) is 6.71. The molecule has 0 aromatic heterocycles. The van der Waals surface area contributed by atoms with E-state index < -0.39 is 0 Å². The van der Waals surface area contributed by atoms with Gasteiger partial charge >= 0.3 is 0 Å². The molecule has 2 fully saturated rings. The van der Waals surface area contributed by atoms with Crippen LogP contribution in [0.5, 0.6) is 0 Å². The van der Waals surface area contributed by atoms with Crippen molar-refractivity contribution in [2.75, 3.05) is 19.6 Å². The molecule has 0 aromatic carbocycles. The van der Waals surface area contributed by atoms with Crippen molar-refractivity contribution in [3.05, 3.63) is 0 Å². The van der Waals surface area contributed by atoms with Crippen molar-refractivity contribution < 1.29 is 9.90 Å². The summed E-state index contributed by atoms with van der Waals surface area (Å²) in [6.07, 6.45) is 5.98. The van der Waals surface area contributed by atoms with E-state index in [1.807, 2.05) is 11.8 Å². The van der Waals surface area contributed by atoms with E-state index in [0.29, 0.717) is 24.3 Å². The molecule has 0 aromatic rings. The summed E-state index contributed by atoms with van der Waals surface area (Å²) in [5, 5.41) is 9.60. The van der Waals surface area contributed by atoms with E-state index in [4.69, 9.17) is 5.73 Å². The lowest BCUT2D eigenvalue weighted by molar-refractivity contribution is -0.139. The van der Waals surface area contributed by atoms with Crippen molar-refractivity contribution in [2.24, 2.45) is 23.5 Å². The minimum Gasteiger partial charge on any atom is -0.393 e. The minimum absolute atomic E-state index is 0.199. The predicted molar refractivity (Wildman–Crippen MR) is 75.5 cm³/mol. The van der Waals surface area contributed by atoms with Gasteiger partial charge in [0.1, 0.15) is 0 Å². The lowest BCUT2D eigenvalue weighted by Gasteiger charge is -2.37. The first kappa shape index (κ1) is 14.8. The van der Waals surface area contributed by atoms with Crippen LogP contribution in [0.25, 0.3) is 0 Å². The number of rotatable bonds is 3. The molecule has 0 bridgehead atoms. The van der Waals surface area contributed by atoms with E-state index in [-0.39, 0.29) is 12.0 Å². The Hall–Kier alpha value is -0.610. The van der Waals surface area contributed by atoms with Gasteiger partial charge in [-0.25, -0.2) is 0 Å². The predicted octanol–water partition coefficient (Wildman–Crippen LogP) is 1.37. The van der Waals surface area contributed by atoms with Gasteiger partial charge in [-0.05, 0) is 57.4 Å². The molecule has 1 aliphatic carbocycles. The molecule has 110 valence electrons. The fourth-order valence-electron chi connectivity index (χ4n) is 3.59. The number of hydrogen-bond acceptors (Lipinski definition) is 3. The Morgan fingerprint density at radius 2 is 2.00 bits per heavy atom. The monoisotopic (exact) mass is 268 g/mol. The number of hydrogen-bond donors (Lipinski definition) is 2. The number of likely N-dealkylation sites (tertiary alicyclic amines) is 1. The molecule has 1 saturated heterocycles. The van der Waals surface area contributed by atoms with Crippen LogP contribution in [0, 0.1) is 17.8 Å². The van der Waals surface area contributed by atoms with Crippen LogP contribution in [0.4, 0.5) is 0 Å². The quantitative estimate of drug-likeness (QED) is 0.812. The number of aliphatic hydroxyl groups is 1. The number of carbonyl (C=O) groups is 1. The molecule has 1 heterocycles. The number of nitrogens with zero attached hydrogens (tertiary/aromatic N) is 1. The van der Waals surface area contributed by atoms with Crippen LogP contribution >= 0.6 is 0 Å². The van der Waals surface area contributed by atoms with Gasteiger partial charge in [0.15, 0.2) is 0 Å². The summed E-state index contributed by atoms with van der Waals surface area (Å²) in [6, 6.07) is 0. The van der Waals surface area contributed by atoms with Crippen molar-refractivity contribution in [1.29, 1.82) is 0 Å². The Morgan fingerprint density at radius 3 is 2.58 bits per heavy atom. The second-order valence-corrected chi connectivity index (χ2v) is 6.37. The Bertz CT molecular complexity index is 299. The zero-order valence-electron chi connectivity index (χ0n) is 12.1. The Kier molecular flexibility index (Phi) is 5.22. The molecule has 1 saturated carbocycles. The van der Waals surface area contributed by atoms with E-state index in [2.05, 4.69) is 0 Å². The highest BCUT2D eigenvalue weighted by Gasteiger charge is 2.32. The van der Waals surface area contributed by atoms with E-state index >= 15 is 0 Å². The first-order valence-electron chi connectivity index (χ1n) is 7.78. The van der Waals surface area contributed by atoms with Gasteiger partial charge in [-0.3, -0.25) is 4.79 Å². The highest BCUT2D eigenvalue weighted by atomic mass is 16.3. The molecular weight excluding hydrogens is 240 g/mol. The maximum Gasteiger partial charge on any atom is 0.225 e. The summed E-state index contributed by atoms with van der Waals surface area (Å²) in [5.74, 6) is 1.44. The third-order valence-electron chi connectivity index (χ3n) is 5.00. The first-order valence-corrected chi connectivity index (χ1v) is 7.78. The number of amides is 1. The summed E-state index contributed by atoms with van der Waals surface area (Å²) in [7, 11) is 0. The molecule has 19 heavy (non-hydrogen) atoms. The first-order chi connectivity index (χ1) is 9.11. The normalized spacial score (nSPS) is 31.2. The number of piperidine rings is 1. The van der Waals surface area contributed by atoms with Gasteiger partial charge in [-0.2, -0.15) is 0 Å². The topological polar surface area (TPSA) is 66.6 Å². The second-order valence-electron chi connectivity index (χ2n) is 6.37. The minimum atomic E-state index is -0.242. The van der Waals surface area contributed by atoms with E-state index in [9.17, 15) is 9.90 Å². The SMILES string of the molecule is CC(O)C1CCN(C(=O)C2CCCC(CN)C2)CC1. The molecule has 1 aliphatic heterocycles. The Morgan fingerprint density at radius 1 is 1.32 bits per heavy atom. The van der Waals surface area contributed by atoms with Crippen molar-refractivity contribution in [1.82, 2.24) is 4.90 Å². The van der Waals surface area contributed by atoms with Crippen LogP contribution in [0.2, 0.25) is 0 Å². The zero-order valence-corrected chi connectivity index (χ0v) is 12.1. The molecule has 1 amide bonds. The van der Waals surface area contributed by atoms with Gasteiger partial charge in [-0.15, -0.1) is 0 Å². The van der Waals surface area contributed by atoms with E-state index in [1.165, 1.54) is 6.42 Å². The molecule has 0 spiro atoms. The highest BCUT2D eigenvalue weighted by molar-refractivity contribution is 5.79. The van der Waals surface area contributed by atoms with Gasteiger partial charge in [-0.1, -0.05) is 6.42 Å². The smallest absolute Gasteiger partial charge is 0.225 e. The zero-order chi connectivity index (χ0) is 13.8. The fraction of sp³-hybridized carbons (Fsp3) is 0.933. The van der Waals surface area contributed by atoms with Crippen LogP contribution in [0.1, 0.15) is 45.4 Å². The average Bonchev–Trinajstić information content (AvgIpc) is 2.46. The van der Waals surface area contributed by atoms with Gasteiger partial charge < -0.3 is 15.7 Å². The summed E-state index contributed by atoms with van der Waals surface area (Å²) in [5.41, 5.74) is 5.74. The van der Waals surface area contributed by atoms with E-state index in [0.717, 1.165) is 45.2 Å². The summed E-state index contributed by atoms with van der Waals surface area (Å²) in [4.78, 5) is 14.5. The summed E-state index contributed by atoms with van der Waals surface area (Å²) < 4.78 is 0. The Labute approximate surface area is 116 Å². The molecule has 3 atom stereocenters. The molecule has 0 radical (unpaired) electrons. The maximum atomic E-state index is 12.5. The molecule has 3 unspecified atom stereocenters. The van der Waals surface area contributed by atoms with Crippen molar-refractivity contribution in [3.63, 3.8) is 0 Å². The average molecular weight is 268 g/mol. The number of carbonyl (C=O) groups excluding carboxylic acids is 1. The highest BCUT2D eigenvalue weighted by Crippen LogP contribution is 2.31. The van der Waals surface area contributed by atoms with Crippen LogP contribution in [-0.2, 0) is 4.79 Å². The molecule has 4 heteroatoms. The van der Waals surface area contributed by atoms with Gasteiger partial charge in [0, 0.05) is 19.0 Å². The van der Waals surface area contributed by atoms with Crippen molar-refractivity contribution in [2.45, 2.75) is 51.6 Å².